The predicted octanol–water partition coefficient (Wildman–Crippen LogP) is 0.845. The van der Waals surface area contributed by atoms with Crippen LogP contribution in [0.2, 0.25) is 0 Å². The Hall–Kier alpha value is -0.450. The maximum absolute atomic E-state index is 12.4. The molecule has 0 spiro atoms. The van der Waals surface area contributed by atoms with Crippen LogP contribution in [0.3, 0.4) is 0 Å². The lowest BCUT2D eigenvalue weighted by Gasteiger charge is -2.25. The molecule has 0 bridgehead atoms. The number of furan rings is 1. The quantitative estimate of drug-likeness (QED) is 0.726. The number of methoxy groups -OCH3 is 1. The number of ether oxygens (including phenoxy) is 2. The second-order valence-corrected chi connectivity index (χ2v) is 7.35. The Morgan fingerprint density at radius 2 is 2.29 bits per heavy atom. The molecule has 1 fully saturated rings. The minimum atomic E-state index is -3.68. The summed E-state index contributed by atoms with van der Waals surface area (Å²) < 4.78 is 43.5. The Kier molecular flexibility index (Phi) is 5.44. The largest absolute Gasteiger partial charge is 0.452 e. The molecule has 0 aromatic carbocycles. The summed E-state index contributed by atoms with van der Waals surface area (Å²) in [4.78, 5) is 0.0814. The molecule has 7 nitrogen and oxygen atoms in total. The van der Waals surface area contributed by atoms with E-state index in [0.29, 0.717) is 31.9 Å². The number of rotatable bonds is 7. The van der Waals surface area contributed by atoms with E-state index in [0.717, 1.165) is 0 Å². The molecule has 2 heterocycles. The first-order valence-electron chi connectivity index (χ1n) is 6.48. The van der Waals surface area contributed by atoms with Crippen molar-refractivity contribution in [1.82, 2.24) is 10.0 Å². The molecule has 1 aliphatic heterocycles. The highest BCUT2D eigenvalue weighted by molar-refractivity contribution is 9.10. The van der Waals surface area contributed by atoms with Crippen LogP contribution in [0, 0.1) is 0 Å². The second kappa shape index (κ2) is 6.76. The number of sulfonamides is 1. The van der Waals surface area contributed by atoms with Gasteiger partial charge in [-0.2, -0.15) is 0 Å². The van der Waals surface area contributed by atoms with Crippen molar-refractivity contribution in [3.8, 4) is 0 Å². The van der Waals surface area contributed by atoms with E-state index in [4.69, 9.17) is 13.9 Å². The van der Waals surface area contributed by atoms with Crippen molar-refractivity contribution in [2.75, 3.05) is 33.9 Å². The molecule has 0 radical (unpaired) electrons. The van der Waals surface area contributed by atoms with Crippen molar-refractivity contribution >= 4 is 26.0 Å². The lowest BCUT2D eigenvalue weighted by atomic mass is 10.0. The van der Waals surface area contributed by atoms with Crippen molar-refractivity contribution in [2.24, 2.45) is 0 Å². The first kappa shape index (κ1) is 16.9. The fourth-order valence-electron chi connectivity index (χ4n) is 2.11. The molecular weight excluding hydrogens is 364 g/mol. The summed E-state index contributed by atoms with van der Waals surface area (Å²) in [5.41, 5.74) is -0.600. The zero-order valence-electron chi connectivity index (χ0n) is 11.9. The van der Waals surface area contributed by atoms with Gasteiger partial charge in [-0.1, -0.05) is 0 Å². The van der Waals surface area contributed by atoms with E-state index in [-0.39, 0.29) is 16.1 Å². The number of nitrogens with one attached hydrogen (secondary N) is 2. The average Bonchev–Trinajstić information content (AvgIpc) is 3.05. The molecule has 0 saturated carbocycles. The van der Waals surface area contributed by atoms with Gasteiger partial charge < -0.3 is 19.2 Å². The van der Waals surface area contributed by atoms with E-state index >= 15 is 0 Å². The van der Waals surface area contributed by atoms with Gasteiger partial charge in [0.25, 0.3) is 0 Å². The lowest BCUT2D eigenvalue weighted by Crippen LogP contribution is -2.44. The molecule has 120 valence electrons. The molecule has 21 heavy (non-hydrogen) atoms. The third-order valence-corrected chi connectivity index (χ3v) is 5.69. The average molecular weight is 383 g/mol. The minimum absolute atomic E-state index is 0.0814. The van der Waals surface area contributed by atoms with Gasteiger partial charge >= 0.3 is 0 Å². The van der Waals surface area contributed by atoms with E-state index in [2.05, 4.69) is 26.0 Å². The number of hydrogen-bond acceptors (Lipinski definition) is 6. The van der Waals surface area contributed by atoms with Gasteiger partial charge in [-0.25, -0.2) is 13.1 Å². The number of halogens is 1. The summed E-state index contributed by atoms with van der Waals surface area (Å²) in [7, 11) is -0.366. The van der Waals surface area contributed by atoms with Crippen LogP contribution in [-0.2, 0) is 26.0 Å². The molecule has 1 saturated heterocycles. The topological polar surface area (TPSA) is 89.8 Å². The van der Waals surface area contributed by atoms with Crippen LogP contribution in [0.15, 0.2) is 20.0 Å². The van der Waals surface area contributed by atoms with Crippen molar-refractivity contribution in [3.05, 3.63) is 16.5 Å². The highest BCUT2D eigenvalue weighted by Crippen LogP contribution is 2.27. The van der Waals surface area contributed by atoms with Crippen LogP contribution < -0.4 is 10.0 Å². The summed E-state index contributed by atoms with van der Waals surface area (Å²) in [5, 5.41) is 2.90. The summed E-state index contributed by atoms with van der Waals surface area (Å²) in [6, 6.07) is 1.49. The van der Waals surface area contributed by atoms with Gasteiger partial charge in [0, 0.05) is 32.7 Å². The van der Waals surface area contributed by atoms with Gasteiger partial charge in [-0.3, -0.25) is 0 Å². The summed E-state index contributed by atoms with van der Waals surface area (Å²) in [5.74, 6) is 0.537. The first-order valence-corrected chi connectivity index (χ1v) is 8.75. The van der Waals surface area contributed by atoms with Gasteiger partial charge in [0.2, 0.25) is 10.0 Å². The van der Waals surface area contributed by atoms with E-state index in [9.17, 15) is 8.42 Å². The van der Waals surface area contributed by atoms with Crippen LogP contribution >= 0.6 is 15.9 Å². The van der Waals surface area contributed by atoms with Crippen molar-refractivity contribution < 1.29 is 22.3 Å². The number of hydrogen-bond donors (Lipinski definition) is 2. The molecule has 1 aromatic heterocycles. The molecule has 1 aromatic rings. The highest BCUT2D eigenvalue weighted by atomic mass is 79.9. The highest BCUT2D eigenvalue weighted by Gasteiger charge is 2.36. The van der Waals surface area contributed by atoms with Gasteiger partial charge in [0.15, 0.2) is 4.67 Å². The molecule has 0 aliphatic carbocycles. The zero-order chi connectivity index (χ0) is 15.5. The van der Waals surface area contributed by atoms with E-state index in [1.165, 1.54) is 6.07 Å². The second-order valence-electron chi connectivity index (χ2n) is 4.90. The van der Waals surface area contributed by atoms with Crippen molar-refractivity contribution in [3.63, 3.8) is 0 Å². The Labute approximate surface area is 132 Å². The molecule has 1 atom stereocenters. The Morgan fingerprint density at radius 1 is 1.52 bits per heavy atom. The third-order valence-electron chi connectivity index (χ3n) is 3.43. The zero-order valence-corrected chi connectivity index (χ0v) is 14.3. The summed E-state index contributed by atoms with van der Waals surface area (Å²) >= 11 is 3.14. The molecule has 0 amide bonds. The summed E-state index contributed by atoms with van der Waals surface area (Å²) in [6.45, 7) is 1.55. The van der Waals surface area contributed by atoms with Gasteiger partial charge in [0.1, 0.15) is 16.3 Å². The van der Waals surface area contributed by atoms with Crippen molar-refractivity contribution in [2.45, 2.75) is 23.5 Å². The fourth-order valence-corrected chi connectivity index (χ4v) is 4.22. The molecule has 2 N–H and O–H groups in total. The Balaban J connectivity index is 2.11. The standard InChI is InChI=1S/C12H19BrN2O5S/c1-14-6-9-5-10(11(13)20-9)21(16,17)15-7-12(18-2)3-4-19-8-12/h5,14-15H,3-4,6-8H2,1-2H3. The van der Waals surface area contributed by atoms with Gasteiger partial charge in [0.05, 0.1) is 13.2 Å². The smallest absolute Gasteiger partial charge is 0.245 e. The monoisotopic (exact) mass is 382 g/mol. The van der Waals surface area contributed by atoms with Crippen LogP contribution in [0.25, 0.3) is 0 Å². The minimum Gasteiger partial charge on any atom is -0.452 e. The molecule has 9 heteroatoms. The maximum atomic E-state index is 12.4. The fraction of sp³-hybridized carbons (Fsp3) is 0.667. The summed E-state index contributed by atoms with van der Waals surface area (Å²) in [6.07, 6.45) is 0.656. The van der Waals surface area contributed by atoms with Crippen LogP contribution in [-0.4, -0.2) is 47.9 Å². The first-order chi connectivity index (χ1) is 9.92. The van der Waals surface area contributed by atoms with E-state index < -0.39 is 15.6 Å². The molecular formula is C12H19BrN2O5S. The Bertz CT molecular complexity index is 580. The maximum Gasteiger partial charge on any atom is 0.245 e. The van der Waals surface area contributed by atoms with Crippen LogP contribution in [0.5, 0.6) is 0 Å². The molecule has 1 unspecified atom stereocenters. The van der Waals surface area contributed by atoms with E-state index in [1.807, 2.05) is 0 Å². The lowest BCUT2D eigenvalue weighted by molar-refractivity contribution is -0.0120. The Morgan fingerprint density at radius 3 is 2.86 bits per heavy atom. The molecule has 2 rings (SSSR count). The van der Waals surface area contributed by atoms with E-state index in [1.54, 1.807) is 14.2 Å². The molecule has 1 aliphatic rings. The third kappa shape index (κ3) is 3.85. The van der Waals surface area contributed by atoms with Crippen LogP contribution in [0.4, 0.5) is 0 Å². The van der Waals surface area contributed by atoms with Gasteiger partial charge in [-0.05, 0) is 23.0 Å². The SMILES string of the molecule is CNCc1cc(S(=O)(=O)NCC2(OC)CCOC2)c(Br)o1. The predicted molar refractivity (Wildman–Crippen MR) is 79.5 cm³/mol. The van der Waals surface area contributed by atoms with Crippen molar-refractivity contribution in [1.29, 1.82) is 0 Å². The van der Waals surface area contributed by atoms with Crippen LogP contribution in [0.1, 0.15) is 12.2 Å². The normalized spacial score (nSPS) is 22.8. The van der Waals surface area contributed by atoms with Gasteiger partial charge in [-0.15, -0.1) is 0 Å².